The molecule has 0 aliphatic rings. The second-order valence-corrected chi connectivity index (χ2v) is 5.78. The molecule has 0 fully saturated rings. The maximum Gasteiger partial charge on any atom is 0.123 e. The van der Waals surface area contributed by atoms with Crippen molar-refractivity contribution in [2.24, 2.45) is 5.73 Å². The molecule has 0 radical (unpaired) electrons. The molecule has 0 spiro atoms. The molecule has 0 aliphatic heterocycles. The normalized spacial score (nSPS) is 10.9. The molecule has 0 atom stereocenters. The number of rotatable bonds is 5. The molecule has 2 N–H and O–H groups in total. The van der Waals surface area contributed by atoms with Gasteiger partial charge in [0.15, 0.2) is 0 Å². The van der Waals surface area contributed by atoms with Gasteiger partial charge in [-0.25, -0.2) is 4.39 Å². The molecule has 2 aromatic rings. The second-order valence-electron chi connectivity index (χ2n) is 4.93. The minimum absolute atomic E-state index is 0.274. The molecule has 0 aromatic heterocycles. The van der Waals surface area contributed by atoms with Crippen molar-refractivity contribution in [1.82, 2.24) is 4.90 Å². The molecule has 21 heavy (non-hydrogen) atoms. The Balaban J connectivity index is 2.16. The Bertz CT molecular complexity index is 660. The minimum Gasteiger partial charge on any atom is -0.389 e. The molecule has 110 valence electrons. The van der Waals surface area contributed by atoms with Gasteiger partial charge in [-0.2, -0.15) is 0 Å². The minimum atomic E-state index is -0.295. The Labute approximate surface area is 134 Å². The maximum atomic E-state index is 13.4. The number of nitrogens with two attached hydrogens (primary N) is 1. The number of thiocarbonyl (C=S) groups is 1. The van der Waals surface area contributed by atoms with E-state index in [1.807, 2.05) is 36.2 Å². The van der Waals surface area contributed by atoms with E-state index < -0.39 is 0 Å². The lowest BCUT2D eigenvalue weighted by Gasteiger charge is -2.19. The largest absolute Gasteiger partial charge is 0.389 e. The zero-order valence-electron chi connectivity index (χ0n) is 11.6. The van der Waals surface area contributed by atoms with Gasteiger partial charge in [0.25, 0.3) is 0 Å². The molecule has 0 saturated heterocycles. The summed E-state index contributed by atoms with van der Waals surface area (Å²) in [5.41, 5.74) is 8.19. The van der Waals surface area contributed by atoms with Crippen LogP contribution in [0, 0.1) is 5.82 Å². The molecule has 2 aromatic carbocycles. The van der Waals surface area contributed by atoms with E-state index in [0.717, 1.165) is 16.1 Å². The van der Waals surface area contributed by atoms with Crippen LogP contribution >= 0.6 is 23.8 Å². The van der Waals surface area contributed by atoms with Gasteiger partial charge in [-0.3, -0.25) is 4.90 Å². The summed E-state index contributed by atoms with van der Waals surface area (Å²) in [5, 5.41) is 0.721. The van der Waals surface area contributed by atoms with Crippen molar-refractivity contribution < 1.29 is 4.39 Å². The van der Waals surface area contributed by atoms with Gasteiger partial charge in [0.2, 0.25) is 0 Å². The van der Waals surface area contributed by atoms with Gasteiger partial charge in [0, 0.05) is 23.7 Å². The Kier molecular flexibility index (Phi) is 5.28. The van der Waals surface area contributed by atoms with Gasteiger partial charge in [0.1, 0.15) is 10.8 Å². The number of nitrogens with zero attached hydrogens (tertiary/aromatic N) is 1. The van der Waals surface area contributed by atoms with Crippen molar-refractivity contribution in [1.29, 1.82) is 0 Å². The zero-order chi connectivity index (χ0) is 15.4. The van der Waals surface area contributed by atoms with Crippen LogP contribution in [0.4, 0.5) is 4.39 Å². The van der Waals surface area contributed by atoms with Crippen LogP contribution in [0.5, 0.6) is 0 Å². The zero-order valence-corrected chi connectivity index (χ0v) is 13.2. The summed E-state index contributed by atoms with van der Waals surface area (Å²) in [4.78, 5) is 2.31. The molecule has 0 bridgehead atoms. The maximum absolute atomic E-state index is 13.4. The highest BCUT2D eigenvalue weighted by atomic mass is 35.5. The number of hydrogen-bond acceptors (Lipinski definition) is 2. The van der Waals surface area contributed by atoms with Gasteiger partial charge in [-0.1, -0.05) is 42.0 Å². The van der Waals surface area contributed by atoms with Crippen LogP contribution < -0.4 is 5.73 Å². The molecule has 2 rings (SSSR count). The summed E-state index contributed by atoms with van der Waals surface area (Å²) >= 11 is 11.2. The molecule has 0 aliphatic carbocycles. The third kappa shape index (κ3) is 4.24. The summed E-state index contributed by atoms with van der Waals surface area (Å²) in [6.45, 7) is 1.20. The quantitative estimate of drug-likeness (QED) is 0.850. The van der Waals surface area contributed by atoms with E-state index in [2.05, 4.69) is 0 Å². The first kappa shape index (κ1) is 15.9. The smallest absolute Gasteiger partial charge is 0.123 e. The molecule has 5 heteroatoms. The van der Waals surface area contributed by atoms with Gasteiger partial charge >= 0.3 is 0 Å². The number of benzene rings is 2. The molecule has 0 heterocycles. The first-order chi connectivity index (χ1) is 9.97. The fraction of sp³-hybridized carbons (Fsp3) is 0.188. The molecule has 0 unspecified atom stereocenters. The molecule has 2 nitrogen and oxygen atoms in total. The topological polar surface area (TPSA) is 29.3 Å². The van der Waals surface area contributed by atoms with Gasteiger partial charge in [-0.05, 0) is 42.4 Å². The lowest BCUT2D eigenvalue weighted by molar-refractivity contribution is 0.318. The molecule has 0 amide bonds. The predicted octanol–water partition coefficient (Wildman–Crippen LogP) is 3.75. The third-order valence-corrected chi connectivity index (χ3v) is 3.76. The van der Waals surface area contributed by atoms with Gasteiger partial charge < -0.3 is 5.73 Å². The van der Waals surface area contributed by atoms with E-state index in [4.69, 9.17) is 29.6 Å². The van der Waals surface area contributed by atoms with Crippen molar-refractivity contribution in [2.75, 3.05) is 7.05 Å². The molecular formula is C16H16ClFN2S. The van der Waals surface area contributed by atoms with E-state index in [-0.39, 0.29) is 10.8 Å². The van der Waals surface area contributed by atoms with Crippen molar-refractivity contribution in [3.05, 3.63) is 70.0 Å². The van der Waals surface area contributed by atoms with E-state index in [1.165, 1.54) is 12.1 Å². The van der Waals surface area contributed by atoms with Crippen molar-refractivity contribution in [2.45, 2.75) is 13.1 Å². The van der Waals surface area contributed by atoms with Gasteiger partial charge in [-0.15, -0.1) is 0 Å². The van der Waals surface area contributed by atoms with Crippen LogP contribution in [0.2, 0.25) is 5.02 Å². The molecular weight excluding hydrogens is 307 g/mol. The Morgan fingerprint density at radius 3 is 2.52 bits per heavy atom. The van der Waals surface area contributed by atoms with E-state index >= 15 is 0 Å². The summed E-state index contributed by atoms with van der Waals surface area (Å²) in [5.74, 6) is -0.295. The number of halogens is 2. The van der Waals surface area contributed by atoms with Crippen LogP contribution in [0.1, 0.15) is 16.7 Å². The summed E-state index contributed by atoms with van der Waals surface area (Å²) in [6.07, 6.45) is 0. The number of hydrogen-bond donors (Lipinski definition) is 1. The average Bonchev–Trinajstić information content (AvgIpc) is 2.41. The summed E-state index contributed by atoms with van der Waals surface area (Å²) in [6, 6.07) is 12.1. The third-order valence-electron chi connectivity index (χ3n) is 3.17. The highest BCUT2D eigenvalue weighted by Gasteiger charge is 2.10. The van der Waals surface area contributed by atoms with Crippen LogP contribution in [-0.2, 0) is 13.1 Å². The Hall–Kier alpha value is -1.49. The predicted molar refractivity (Wildman–Crippen MR) is 88.9 cm³/mol. The second kappa shape index (κ2) is 6.98. The van der Waals surface area contributed by atoms with Crippen LogP contribution in [0.15, 0.2) is 42.5 Å². The highest BCUT2D eigenvalue weighted by molar-refractivity contribution is 7.80. The van der Waals surface area contributed by atoms with Crippen LogP contribution in [0.25, 0.3) is 0 Å². The average molecular weight is 323 g/mol. The lowest BCUT2D eigenvalue weighted by Crippen LogP contribution is -2.21. The fourth-order valence-corrected chi connectivity index (χ4v) is 2.59. The van der Waals surface area contributed by atoms with Crippen LogP contribution in [-0.4, -0.2) is 16.9 Å². The lowest BCUT2D eigenvalue weighted by atomic mass is 10.1. The van der Waals surface area contributed by atoms with E-state index in [9.17, 15) is 4.39 Å². The highest BCUT2D eigenvalue weighted by Crippen LogP contribution is 2.19. The van der Waals surface area contributed by atoms with Gasteiger partial charge in [0.05, 0.1) is 0 Å². The fourth-order valence-electron chi connectivity index (χ4n) is 2.20. The molecule has 0 saturated carbocycles. The van der Waals surface area contributed by atoms with Crippen molar-refractivity contribution in [3.8, 4) is 0 Å². The van der Waals surface area contributed by atoms with E-state index in [0.29, 0.717) is 18.7 Å². The first-order valence-corrected chi connectivity index (χ1v) is 7.26. The van der Waals surface area contributed by atoms with Crippen molar-refractivity contribution in [3.63, 3.8) is 0 Å². The summed E-state index contributed by atoms with van der Waals surface area (Å²) in [7, 11) is 1.94. The summed E-state index contributed by atoms with van der Waals surface area (Å²) < 4.78 is 13.4. The standard InChI is InChI=1S/C16H16ClFN2S/c1-20(9-11-4-2-3-5-15(11)17)10-12-8-13(18)6-7-14(12)16(19)21/h2-8H,9-10H2,1H3,(H2,19,21). The van der Waals surface area contributed by atoms with Crippen LogP contribution in [0.3, 0.4) is 0 Å². The Morgan fingerprint density at radius 2 is 1.86 bits per heavy atom. The first-order valence-electron chi connectivity index (χ1n) is 6.47. The Morgan fingerprint density at radius 1 is 1.19 bits per heavy atom. The SMILES string of the molecule is CN(Cc1ccccc1Cl)Cc1cc(F)ccc1C(N)=S. The monoisotopic (exact) mass is 322 g/mol. The van der Waals surface area contributed by atoms with Crippen molar-refractivity contribution >= 4 is 28.8 Å². The van der Waals surface area contributed by atoms with E-state index in [1.54, 1.807) is 6.07 Å².